The van der Waals surface area contributed by atoms with E-state index >= 15 is 0 Å². The van der Waals surface area contributed by atoms with Crippen LogP contribution in [0.5, 0.6) is 0 Å². The van der Waals surface area contributed by atoms with Crippen LogP contribution < -0.4 is 27.0 Å². The van der Waals surface area contributed by atoms with Gasteiger partial charge in [0.25, 0.3) is 5.91 Å². The summed E-state index contributed by atoms with van der Waals surface area (Å²) in [5, 5.41) is 19.2. The average Bonchev–Trinajstić information content (AvgIpc) is 3.43. The van der Waals surface area contributed by atoms with E-state index < -0.39 is 17.8 Å². The number of nitrogens with two attached hydrogens (primary N) is 1. The largest absolute Gasteiger partial charge is 0.379 e. The molecule has 0 aliphatic heterocycles. The van der Waals surface area contributed by atoms with Crippen LogP contribution in [0.2, 0.25) is 0 Å². The summed E-state index contributed by atoms with van der Waals surface area (Å²) in [7, 11) is 0. The number of hydrogen-bond donors (Lipinski definition) is 5. The fourth-order valence-electron chi connectivity index (χ4n) is 4.97. The van der Waals surface area contributed by atoms with E-state index in [9.17, 15) is 14.0 Å². The lowest BCUT2D eigenvalue weighted by Gasteiger charge is -2.30. The first-order chi connectivity index (χ1) is 19.9. The lowest BCUT2D eigenvalue weighted by atomic mass is 9.91. The molecule has 0 aromatic carbocycles. The van der Waals surface area contributed by atoms with Crippen LogP contribution in [0.15, 0.2) is 41.6 Å². The molecule has 0 saturated heterocycles. The number of carbonyl (C=O) groups excluding carboxylic acids is 2. The van der Waals surface area contributed by atoms with E-state index in [0.717, 1.165) is 56.1 Å². The van der Waals surface area contributed by atoms with Gasteiger partial charge < -0.3 is 27.0 Å². The number of aromatic nitrogens is 5. The number of imidazole rings is 1. The first-order valence-electron chi connectivity index (χ1n) is 13.7. The number of rotatable bonds is 10. The van der Waals surface area contributed by atoms with E-state index in [-0.39, 0.29) is 29.4 Å². The molecule has 1 atom stereocenters. The van der Waals surface area contributed by atoms with Gasteiger partial charge in [-0.2, -0.15) is 0 Å². The number of thiazole rings is 1. The monoisotopic (exact) mass is 578 g/mol. The second-order valence-electron chi connectivity index (χ2n) is 10.5. The van der Waals surface area contributed by atoms with Crippen molar-refractivity contribution in [1.82, 2.24) is 29.9 Å². The van der Waals surface area contributed by atoms with Gasteiger partial charge in [0, 0.05) is 42.2 Å². The molecule has 6 rings (SSSR count). The Kier molecular flexibility index (Phi) is 7.74. The molecule has 12 nitrogen and oxygen atoms in total. The van der Waals surface area contributed by atoms with Crippen molar-refractivity contribution in [3.8, 4) is 0 Å². The molecule has 4 aromatic rings. The molecule has 2 fully saturated rings. The molecular weight excluding hydrogens is 547 g/mol. The maximum atomic E-state index is 14.1. The molecule has 0 unspecified atom stereocenters. The Hall–Kier alpha value is -4.17. The van der Waals surface area contributed by atoms with E-state index in [1.165, 1.54) is 34.3 Å². The minimum atomic E-state index is -0.630. The number of hydrogen-bond acceptors (Lipinski definition) is 10. The zero-order chi connectivity index (χ0) is 28.3. The standard InChI is InChI=1S/C27H31FN10O2S/c28-19-11-30-8-7-21(19)36-27(40)23-12-31-25-22(33-15-1-2-15)10-24(37-38(23)25)34-16-3-5-17(6-4-16)35-26(39)20(29)9-18-13-41-14-32-18/h7-8,10-17,20,33H,1-6,9,29H2,(H,34,37)(H,35,39)(H,30,36,40)/t16-,17-,20-/m0/s1. The molecule has 2 amide bonds. The molecule has 2 aliphatic rings. The second-order valence-corrected chi connectivity index (χ2v) is 11.3. The summed E-state index contributed by atoms with van der Waals surface area (Å²) >= 11 is 1.49. The number of fused-ring (bicyclic) bond motifs is 1. The molecule has 6 N–H and O–H groups in total. The van der Waals surface area contributed by atoms with Gasteiger partial charge in [-0.25, -0.2) is 18.9 Å². The van der Waals surface area contributed by atoms with Crippen molar-refractivity contribution < 1.29 is 14.0 Å². The van der Waals surface area contributed by atoms with Gasteiger partial charge in [0.05, 0.1) is 41.0 Å². The minimum Gasteiger partial charge on any atom is -0.379 e. The van der Waals surface area contributed by atoms with Gasteiger partial charge >= 0.3 is 0 Å². The van der Waals surface area contributed by atoms with Crippen LogP contribution >= 0.6 is 11.3 Å². The predicted octanol–water partition coefficient (Wildman–Crippen LogP) is 2.96. The summed E-state index contributed by atoms with van der Waals surface area (Å²) in [6.07, 6.45) is 9.70. The first-order valence-corrected chi connectivity index (χ1v) is 14.6. The number of pyridine rings is 1. The van der Waals surface area contributed by atoms with Crippen molar-refractivity contribution in [2.45, 2.75) is 69.1 Å². The van der Waals surface area contributed by atoms with E-state index in [1.54, 1.807) is 5.51 Å². The summed E-state index contributed by atoms with van der Waals surface area (Å²) in [4.78, 5) is 38.0. The highest BCUT2D eigenvalue weighted by Gasteiger charge is 2.27. The van der Waals surface area contributed by atoms with Gasteiger partial charge in [-0.05, 0) is 44.6 Å². The van der Waals surface area contributed by atoms with Crippen molar-refractivity contribution >= 4 is 46.0 Å². The molecule has 14 heteroatoms. The van der Waals surface area contributed by atoms with Crippen LogP contribution in [-0.2, 0) is 11.2 Å². The van der Waals surface area contributed by atoms with Crippen LogP contribution in [0.25, 0.3) is 5.65 Å². The molecule has 2 aliphatic carbocycles. The van der Waals surface area contributed by atoms with Gasteiger partial charge in [0.1, 0.15) is 5.82 Å². The number of nitrogens with zero attached hydrogens (tertiary/aromatic N) is 5. The highest BCUT2D eigenvalue weighted by molar-refractivity contribution is 7.07. The number of amides is 2. The SMILES string of the molecule is N[C@@H](Cc1cscn1)C(=O)N[C@H]1CC[C@H](Nc2cc(NC3CC3)c3ncc(C(=O)Nc4ccncc4F)n3n2)CC1. The Labute approximate surface area is 239 Å². The molecule has 0 radical (unpaired) electrons. The van der Waals surface area contributed by atoms with Crippen LogP contribution in [-0.4, -0.2) is 60.5 Å². The molecule has 0 bridgehead atoms. The van der Waals surface area contributed by atoms with E-state index in [2.05, 4.69) is 41.3 Å². The average molecular weight is 579 g/mol. The maximum Gasteiger partial charge on any atom is 0.276 e. The van der Waals surface area contributed by atoms with E-state index in [1.807, 2.05) is 11.4 Å². The second kappa shape index (κ2) is 11.7. The third-order valence-electron chi connectivity index (χ3n) is 7.33. The van der Waals surface area contributed by atoms with Crippen molar-refractivity contribution in [2.24, 2.45) is 5.73 Å². The summed E-state index contributed by atoms with van der Waals surface area (Å²) in [6, 6.07) is 3.23. The minimum absolute atomic E-state index is 0.0264. The molecule has 41 heavy (non-hydrogen) atoms. The fourth-order valence-corrected chi connectivity index (χ4v) is 5.54. The van der Waals surface area contributed by atoms with E-state index in [0.29, 0.717) is 23.9 Å². The predicted molar refractivity (Wildman–Crippen MR) is 153 cm³/mol. The third-order valence-corrected chi connectivity index (χ3v) is 7.97. The Morgan fingerprint density at radius 3 is 2.54 bits per heavy atom. The highest BCUT2D eigenvalue weighted by Crippen LogP contribution is 2.30. The van der Waals surface area contributed by atoms with Gasteiger partial charge in [-0.1, -0.05) is 0 Å². The van der Waals surface area contributed by atoms with Crippen molar-refractivity contribution in [3.63, 3.8) is 0 Å². The number of carbonyl (C=O) groups is 2. The van der Waals surface area contributed by atoms with Crippen molar-refractivity contribution in [2.75, 3.05) is 16.0 Å². The van der Waals surface area contributed by atoms with Crippen molar-refractivity contribution in [3.05, 3.63) is 58.8 Å². The van der Waals surface area contributed by atoms with Crippen LogP contribution in [0.1, 0.15) is 54.7 Å². The van der Waals surface area contributed by atoms with Crippen LogP contribution in [0, 0.1) is 5.82 Å². The number of halogens is 1. The lowest BCUT2D eigenvalue weighted by molar-refractivity contribution is -0.123. The van der Waals surface area contributed by atoms with Crippen LogP contribution in [0.3, 0.4) is 0 Å². The summed E-state index contributed by atoms with van der Waals surface area (Å²) < 4.78 is 15.6. The van der Waals surface area contributed by atoms with Gasteiger partial charge in [0.2, 0.25) is 5.91 Å². The topological polar surface area (TPSA) is 164 Å². The molecule has 0 spiro atoms. The number of anilines is 3. The Morgan fingerprint density at radius 2 is 1.80 bits per heavy atom. The van der Waals surface area contributed by atoms with Gasteiger partial charge in [-0.15, -0.1) is 16.4 Å². The first kappa shape index (κ1) is 27.0. The highest BCUT2D eigenvalue weighted by atomic mass is 32.1. The number of nitrogens with one attached hydrogen (secondary N) is 4. The zero-order valence-electron chi connectivity index (χ0n) is 22.2. The molecule has 4 aromatic heterocycles. The third kappa shape index (κ3) is 6.43. The van der Waals surface area contributed by atoms with Gasteiger partial charge in [-0.3, -0.25) is 14.6 Å². The Morgan fingerprint density at radius 1 is 1.05 bits per heavy atom. The molecule has 4 heterocycles. The summed E-state index contributed by atoms with van der Waals surface area (Å²) in [5.74, 6) is -0.723. The lowest BCUT2D eigenvalue weighted by Crippen LogP contribution is -2.48. The van der Waals surface area contributed by atoms with Crippen LogP contribution in [0.4, 0.5) is 21.6 Å². The van der Waals surface area contributed by atoms with Gasteiger partial charge in [0.15, 0.2) is 17.2 Å². The summed E-state index contributed by atoms with van der Waals surface area (Å²) in [6.45, 7) is 0. The maximum absolute atomic E-state index is 14.1. The van der Waals surface area contributed by atoms with E-state index in [4.69, 9.17) is 5.73 Å². The zero-order valence-corrected chi connectivity index (χ0v) is 23.0. The molecular formula is C27H31FN10O2S. The fraction of sp³-hybridized carbons (Fsp3) is 0.407. The normalized spacial score (nSPS) is 19.5. The molecule has 2 saturated carbocycles. The quantitative estimate of drug-likeness (QED) is 0.190. The smallest absolute Gasteiger partial charge is 0.276 e. The molecule has 214 valence electrons. The summed E-state index contributed by atoms with van der Waals surface area (Å²) in [5.41, 5.74) is 10.2. The Balaban J connectivity index is 1.12. The Bertz CT molecular complexity index is 1530. The van der Waals surface area contributed by atoms with Crippen molar-refractivity contribution in [1.29, 1.82) is 0 Å².